The van der Waals surface area contributed by atoms with Gasteiger partial charge in [0, 0.05) is 39.3 Å². The van der Waals surface area contributed by atoms with Crippen LogP contribution in [0.15, 0.2) is 164 Å². The lowest BCUT2D eigenvalue weighted by molar-refractivity contribution is 0.413. The number of benzene rings is 7. The number of aryl methyl sites for hydroxylation is 3. The van der Waals surface area contributed by atoms with Crippen molar-refractivity contribution < 1.29 is 21.2 Å². The molecule has 0 aliphatic rings. The molecule has 4 heteroatoms. The van der Waals surface area contributed by atoms with Crippen LogP contribution in [0, 0.1) is 20.7 Å². The van der Waals surface area contributed by atoms with Gasteiger partial charge in [0.2, 0.25) is 0 Å². The number of pyridine rings is 1. The van der Waals surface area contributed by atoms with Crippen molar-refractivity contribution in [2.45, 2.75) is 72.9 Å². The molecule has 0 atom stereocenters. The van der Waals surface area contributed by atoms with E-state index in [9.17, 15) is 0 Å². The molecule has 0 unspecified atom stereocenters. The first-order valence-electron chi connectivity index (χ1n) is 27.3. The SMILES string of the molecule is [2H]C([2H])([2H])c1cc(-c2ccccc2)c(-n2c(-c3cc(C)cc(C)c3OC)nc3c(-c4cc(-c5cc(-c6ccc(C(C([2H])([2H])[2H])(C([2H])([2H])[2H])C([2H])([2H])[2H])cc6)ccn5)cc(C(C)(C)C)c4)cccc32)cc1-c1ccccc1. The van der Waals surface area contributed by atoms with Crippen LogP contribution in [0.4, 0.5) is 0 Å². The molecule has 64 heavy (non-hydrogen) atoms. The summed E-state index contributed by atoms with van der Waals surface area (Å²) >= 11 is 0. The fourth-order valence-corrected chi connectivity index (χ4v) is 8.67. The van der Waals surface area contributed by atoms with Gasteiger partial charge in [0.05, 0.1) is 35.1 Å². The van der Waals surface area contributed by atoms with E-state index in [1.807, 2.05) is 105 Å². The fraction of sp³-hybridized carbons (Fsp3) is 0.200. The Bertz CT molecular complexity index is 3590. The molecular formula is C60H57N3O. The Balaban J connectivity index is 1.29. The van der Waals surface area contributed by atoms with Crippen molar-refractivity contribution >= 4 is 11.0 Å². The van der Waals surface area contributed by atoms with Gasteiger partial charge in [-0.25, -0.2) is 4.98 Å². The molecule has 0 N–H and O–H groups in total. The standard InChI is InChI=1S/C60H57N3O/c1-38-30-40(3)57(64-10)52(31-38)58-62-56-49(22-17-23-54(56)63(58)55-37-50(42-18-13-11-14-19-42)39(2)32-51(55)43-20-15-12-16-21-43)45-33-46(35-48(34-45)60(7,8)9)53-36-44(28-29-61-53)41-24-26-47(27-25-41)59(4,5)6/h11-37H,1-10H3/i2D3,4D3,5D3,6D3. The predicted molar refractivity (Wildman–Crippen MR) is 270 cm³/mol. The molecule has 0 radical (unpaired) electrons. The monoisotopic (exact) mass is 848 g/mol. The average molecular weight is 848 g/mol. The molecule has 0 bridgehead atoms. The molecule has 9 rings (SSSR count). The van der Waals surface area contributed by atoms with Crippen LogP contribution in [-0.4, -0.2) is 21.6 Å². The second-order valence-electron chi connectivity index (χ2n) is 17.6. The average Bonchev–Trinajstić information content (AvgIpc) is 3.83. The second kappa shape index (κ2) is 16.6. The van der Waals surface area contributed by atoms with Gasteiger partial charge in [-0.3, -0.25) is 9.55 Å². The van der Waals surface area contributed by atoms with E-state index in [-0.39, 0.29) is 16.5 Å². The summed E-state index contributed by atoms with van der Waals surface area (Å²) in [4.78, 5) is 10.4. The first kappa shape index (κ1) is 30.1. The second-order valence-corrected chi connectivity index (χ2v) is 17.6. The van der Waals surface area contributed by atoms with Crippen molar-refractivity contribution in [1.29, 1.82) is 0 Å². The fourth-order valence-electron chi connectivity index (χ4n) is 8.67. The molecule has 0 saturated carbocycles. The van der Waals surface area contributed by atoms with Crippen LogP contribution >= 0.6 is 0 Å². The molecule has 0 spiro atoms. The third-order valence-corrected chi connectivity index (χ3v) is 11.9. The van der Waals surface area contributed by atoms with E-state index in [1.54, 1.807) is 37.6 Å². The number of aromatic nitrogens is 3. The van der Waals surface area contributed by atoms with Gasteiger partial charge in [-0.1, -0.05) is 151 Å². The van der Waals surface area contributed by atoms with Crippen LogP contribution in [0.3, 0.4) is 0 Å². The number of para-hydroxylation sites is 1. The zero-order valence-electron chi connectivity index (χ0n) is 48.8. The minimum atomic E-state index is -3.38. The lowest BCUT2D eigenvalue weighted by Crippen LogP contribution is -2.11. The van der Waals surface area contributed by atoms with Gasteiger partial charge < -0.3 is 4.74 Å². The summed E-state index contributed by atoms with van der Waals surface area (Å²) in [5.41, 5.74) is 9.47. The normalized spacial score (nSPS) is 15.5. The van der Waals surface area contributed by atoms with Gasteiger partial charge in [-0.2, -0.15) is 0 Å². The molecule has 7 aromatic carbocycles. The van der Waals surface area contributed by atoms with E-state index in [0.717, 1.165) is 55.6 Å². The maximum Gasteiger partial charge on any atom is 0.149 e. The van der Waals surface area contributed by atoms with Crippen LogP contribution in [0.25, 0.3) is 83.9 Å². The minimum absolute atomic E-state index is 0.218. The molecule has 0 fully saturated rings. The number of nitrogens with zero attached hydrogens (tertiary/aromatic N) is 3. The van der Waals surface area contributed by atoms with Crippen molar-refractivity contribution in [3.05, 3.63) is 192 Å². The maximum atomic E-state index is 8.82. The summed E-state index contributed by atoms with van der Waals surface area (Å²) in [5, 5.41) is 0. The molecule has 9 aromatic rings. The van der Waals surface area contributed by atoms with Gasteiger partial charge in [0.15, 0.2) is 0 Å². The highest BCUT2D eigenvalue weighted by molar-refractivity contribution is 5.98. The number of ether oxygens (including phenoxy) is 1. The topological polar surface area (TPSA) is 39.9 Å². The van der Waals surface area contributed by atoms with Gasteiger partial charge in [0.25, 0.3) is 0 Å². The number of fused-ring (bicyclic) bond motifs is 1. The number of hydrogen-bond acceptors (Lipinski definition) is 3. The molecule has 2 heterocycles. The van der Waals surface area contributed by atoms with E-state index >= 15 is 0 Å². The summed E-state index contributed by atoms with van der Waals surface area (Å²) in [6.07, 6.45) is 1.66. The molecule has 0 aliphatic heterocycles. The molecule has 4 nitrogen and oxygen atoms in total. The Morgan fingerprint density at radius 3 is 1.91 bits per heavy atom. The highest BCUT2D eigenvalue weighted by Gasteiger charge is 2.26. The van der Waals surface area contributed by atoms with Crippen LogP contribution in [0.1, 0.15) is 85.6 Å². The number of imidazole rings is 1. The van der Waals surface area contributed by atoms with Crippen LogP contribution in [0.2, 0.25) is 0 Å². The molecule has 0 aliphatic carbocycles. The molecule has 0 amide bonds. The van der Waals surface area contributed by atoms with Gasteiger partial charge in [-0.05, 0) is 141 Å². The Morgan fingerprint density at radius 1 is 0.531 bits per heavy atom. The Labute approximate surface area is 396 Å². The van der Waals surface area contributed by atoms with Crippen LogP contribution in [0.5, 0.6) is 5.75 Å². The molecule has 2 aromatic heterocycles. The summed E-state index contributed by atoms with van der Waals surface area (Å²) in [6.45, 7) is -2.16. The van der Waals surface area contributed by atoms with Crippen molar-refractivity contribution in [2.24, 2.45) is 0 Å². The minimum Gasteiger partial charge on any atom is -0.496 e. The number of hydrogen-bond donors (Lipinski definition) is 0. The predicted octanol–water partition coefficient (Wildman–Crippen LogP) is 16.0. The summed E-state index contributed by atoms with van der Waals surface area (Å²) in [5.74, 6) is 1.24. The van der Waals surface area contributed by atoms with Crippen molar-refractivity contribution in [2.75, 3.05) is 7.11 Å². The number of rotatable bonds is 8. The highest BCUT2D eigenvalue weighted by Crippen LogP contribution is 2.44. The van der Waals surface area contributed by atoms with Gasteiger partial charge in [0.1, 0.15) is 11.6 Å². The lowest BCUT2D eigenvalue weighted by Gasteiger charge is -2.22. The van der Waals surface area contributed by atoms with E-state index in [4.69, 9.17) is 31.2 Å². The lowest BCUT2D eigenvalue weighted by atomic mass is 9.83. The van der Waals surface area contributed by atoms with E-state index in [1.165, 1.54) is 12.1 Å². The maximum absolute atomic E-state index is 8.82. The summed E-state index contributed by atoms with van der Waals surface area (Å²) in [6, 6.07) is 49.0. The van der Waals surface area contributed by atoms with E-state index < -0.39 is 32.8 Å². The molecule has 318 valence electrons. The Kier molecular flexibility index (Phi) is 7.80. The smallest absolute Gasteiger partial charge is 0.149 e. The third kappa shape index (κ3) is 8.05. The molecule has 0 saturated heterocycles. The van der Waals surface area contributed by atoms with E-state index in [2.05, 4.69) is 55.7 Å². The zero-order chi connectivity index (χ0) is 54.9. The van der Waals surface area contributed by atoms with E-state index in [0.29, 0.717) is 50.7 Å². The highest BCUT2D eigenvalue weighted by atomic mass is 16.5. The first-order valence-corrected chi connectivity index (χ1v) is 21.3. The van der Waals surface area contributed by atoms with Crippen LogP contribution in [-0.2, 0) is 10.8 Å². The largest absolute Gasteiger partial charge is 0.496 e. The third-order valence-electron chi connectivity index (χ3n) is 11.9. The summed E-state index contributed by atoms with van der Waals surface area (Å²) in [7, 11) is 1.65. The Morgan fingerprint density at radius 2 is 1.23 bits per heavy atom. The first-order chi connectivity index (χ1) is 35.6. The van der Waals surface area contributed by atoms with Crippen LogP contribution < -0.4 is 4.74 Å². The van der Waals surface area contributed by atoms with Gasteiger partial charge >= 0.3 is 0 Å². The van der Waals surface area contributed by atoms with Crippen molar-refractivity contribution in [3.63, 3.8) is 0 Å². The molecular weight excluding hydrogens is 779 g/mol. The van der Waals surface area contributed by atoms with Crippen molar-refractivity contribution in [1.82, 2.24) is 14.5 Å². The quantitative estimate of drug-likeness (QED) is 0.153. The zero-order valence-corrected chi connectivity index (χ0v) is 36.8. The number of methoxy groups -OCH3 is 1. The summed E-state index contributed by atoms with van der Waals surface area (Å²) < 4.78 is 109. The Hall–Kier alpha value is -7.04. The van der Waals surface area contributed by atoms with Gasteiger partial charge in [-0.15, -0.1) is 0 Å². The van der Waals surface area contributed by atoms with Crippen molar-refractivity contribution in [3.8, 4) is 78.6 Å².